The van der Waals surface area contributed by atoms with Crippen molar-refractivity contribution in [1.29, 1.82) is 0 Å². The summed E-state index contributed by atoms with van der Waals surface area (Å²) in [7, 11) is 1.55. The van der Waals surface area contributed by atoms with Crippen molar-refractivity contribution >= 4 is 27.7 Å². The van der Waals surface area contributed by atoms with Gasteiger partial charge in [0.25, 0.3) is 0 Å². The number of rotatable bonds is 6. The molecule has 2 heterocycles. The minimum absolute atomic E-state index is 0.0110. The molecule has 0 aromatic heterocycles. The van der Waals surface area contributed by atoms with E-state index in [0.29, 0.717) is 41.2 Å². The molecule has 182 valence electrons. The van der Waals surface area contributed by atoms with Crippen molar-refractivity contribution in [3.8, 4) is 11.5 Å². The molecule has 5 rings (SSSR count). The average Bonchev–Trinajstić information content (AvgIpc) is 3.30. The van der Waals surface area contributed by atoms with Gasteiger partial charge in [-0.2, -0.15) is 0 Å². The van der Waals surface area contributed by atoms with Gasteiger partial charge in [0, 0.05) is 40.9 Å². The molecule has 0 radical (unpaired) electrons. The third-order valence-electron chi connectivity index (χ3n) is 6.64. The maximum Gasteiger partial charge on any atom is 0.336 e. The first kappa shape index (κ1) is 23.6. The number of carbonyl (C=O) groups excluding carboxylic acids is 2. The number of dihydropyridines is 1. The summed E-state index contributed by atoms with van der Waals surface area (Å²) < 4.78 is 22.4. The van der Waals surface area contributed by atoms with Crippen LogP contribution >= 0.6 is 15.9 Å². The Morgan fingerprint density at radius 1 is 1.11 bits per heavy atom. The van der Waals surface area contributed by atoms with Gasteiger partial charge in [0.2, 0.25) is 6.79 Å². The summed E-state index contributed by atoms with van der Waals surface area (Å²) in [6.45, 7) is 2.39. The van der Waals surface area contributed by atoms with Crippen molar-refractivity contribution < 1.29 is 28.5 Å². The summed E-state index contributed by atoms with van der Waals surface area (Å²) in [5.74, 6) is 0.197. The van der Waals surface area contributed by atoms with E-state index >= 15 is 0 Å². The number of nitrogens with one attached hydrogen (secondary N) is 1. The van der Waals surface area contributed by atoms with E-state index in [9.17, 15) is 9.59 Å². The fourth-order valence-corrected chi connectivity index (χ4v) is 5.58. The van der Waals surface area contributed by atoms with Gasteiger partial charge >= 0.3 is 5.97 Å². The number of hydrogen-bond acceptors (Lipinski definition) is 7. The van der Waals surface area contributed by atoms with Crippen molar-refractivity contribution in [2.75, 3.05) is 27.1 Å². The molecule has 3 aliphatic rings. The zero-order chi connectivity index (χ0) is 24.5. The number of allylic oxidation sites excluding steroid dienone is 3. The Morgan fingerprint density at radius 2 is 1.86 bits per heavy atom. The van der Waals surface area contributed by atoms with Crippen LogP contribution in [0.3, 0.4) is 0 Å². The molecule has 2 aromatic rings. The third-order valence-corrected chi connectivity index (χ3v) is 7.33. The van der Waals surface area contributed by atoms with Gasteiger partial charge in [0.1, 0.15) is 6.61 Å². The van der Waals surface area contributed by atoms with Crippen LogP contribution in [0.2, 0.25) is 0 Å². The molecular formula is C27H26BrNO6. The second-order valence-corrected chi connectivity index (χ2v) is 9.64. The monoisotopic (exact) mass is 539 g/mol. The van der Waals surface area contributed by atoms with Gasteiger partial charge in [0.05, 0.1) is 12.2 Å². The highest BCUT2D eigenvalue weighted by molar-refractivity contribution is 9.10. The second kappa shape index (κ2) is 9.87. The van der Waals surface area contributed by atoms with E-state index in [1.54, 1.807) is 7.11 Å². The number of ketones is 1. The number of methoxy groups -OCH3 is 1. The van der Waals surface area contributed by atoms with Gasteiger partial charge < -0.3 is 24.3 Å². The van der Waals surface area contributed by atoms with Crippen molar-refractivity contribution in [2.24, 2.45) is 0 Å². The summed E-state index contributed by atoms with van der Waals surface area (Å²) in [5, 5.41) is 3.38. The number of benzene rings is 2. The predicted molar refractivity (Wildman–Crippen MR) is 132 cm³/mol. The maximum atomic E-state index is 13.7. The smallest absolute Gasteiger partial charge is 0.336 e. The Morgan fingerprint density at radius 3 is 2.60 bits per heavy atom. The zero-order valence-corrected chi connectivity index (χ0v) is 21.1. The van der Waals surface area contributed by atoms with Crippen LogP contribution in [0.15, 0.2) is 69.5 Å². The molecule has 0 fully saturated rings. The Labute approximate surface area is 212 Å². The SMILES string of the molecule is COCCOC(=O)C1=C(C)NC2=C(C(=O)CC(c3ccccc3)C2)C1c1cc2c(cc1Br)OCO2. The van der Waals surface area contributed by atoms with Crippen LogP contribution in [-0.2, 0) is 19.1 Å². The van der Waals surface area contributed by atoms with E-state index in [4.69, 9.17) is 18.9 Å². The van der Waals surface area contributed by atoms with Crippen LogP contribution in [0.4, 0.5) is 0 Å². The lowest BCUT2D eigenvalue weighted by molar-refractivity contribution is -0.140. The summed E-state index contributed by atoms with van der Waals surface area (Å²) >= 11 is 3.65. The van der Waals surface area contributed by atoms with Crippen LogP contribution < -0.4 is 14.8 Å². The zero-order valence-electron chi connectivity index (χ0n) is 19.6. The average molecular weight is 540 g/mol. The molecule has 35 heavy (non-hydrogen) atoms. The molecule has 0 bridgehead atoms. The van der Waals surface area contributed by atoms with Crippen molar-refractivity contribution in [1.82, 2.24) is 5.32 Å². The van der Waals surface area contributed by atoms with Crippen molar-refractivity contribution in [3.63, 3.8) is 0 Å². The van der Waals surface area contributed by atoms with E-state index in [2.05, 4.69) is 33.4 Å². The standard InChI is InChI=1S/C27H26BrNO6/c1-15-24(27(31)33-9-8-32-2)25(18-12-22-23(13-19(18)28)35-14-34-22)26-20(29-15)10-17(11-21(26)30)16-6-4-3-5-7-16/h3-7,12-13,17,25,29H,8-11,14H2,1-2H3. The van der Waals surface area contributed by atoms with Gasteiger partial charge in [-0.3, -0.25) is 4.79 Å². The van der Waals surface area contributed by atoms with Crippen LogP contribution in [0, 0.1) is 0 Å². The van der Waals surface area contributed by atoms with E-state index in [-0.39, 0.29) is 31.7 Å². The Hall–Kier alpha value is -3.10. The quantitative estimate of drug-likeness (QED) is 0.419. The van der Waals surface area contributed by atoms with Gasteiger partial charge in [-0.15, -0.1) is 0 Å². The number of hydrogen-bond donors (Lipinski definition) is 1. The number of Topliss-reactive ketones (excluding diaryl/α,β-unsaturated/α-hetero) is 1. The molecule has 1 N–H and O–H groups in total. The lowest BCUT2D eigenvalue weighted by Crippen LogP contribution is -2.36. The molecule has 2 unspecified atom stereocenters. The first-order valence-electron chi connectivity index (χ1n) is 11.5. The number of ether oxygens (including phenoxy) is 4. The first-order chi connectivity index (χ1) is 17.0. The highest BCUT2D eigenvalue weighted by Crippen LogP contribution is 2.49. The van der Waals surface area contributed by atoms with Crippen LogP contribution in [0.25, 0.3) is 0 Å². The third kappa shape index (κ3) is 4.48. The Balaban J connectivity index is 1.59. The summed E-state index contributed by atoms with van der Waals surface area (Å²) in [5.41, 5.74) is 4.40. The van der Waals surface area contributed by atoms with Crippen LogP contribution in [0.5, 0.6) is 11.5 Å². The summed E-state index contributed by atoms with van der Waals surface area (Å²) in [6, 6.07) is 13.7. The number of esters is 1. The number of halogens is 1. The molecule has 0 amide bonds. The molecule has 8 heteroatoms. The minimum Gasteiger partial charge on any atom is -0.460 e. The van der Waals surface area contributed by atoms with Crippen LogP contribution in [-0.4, -0.2) is 38.9 Å². The molecule has 2 aromatic carbocycles. The first-order valence-corrected chi connectivity index (χ1v) is 12.3. The maximum absolute atomic E-state index is 13.7. The lowest BCUT2D eigenvalue weighted by Gasteiger charge is -2.37. The van der Waals surface area contributed by atoms with Gasteiger partial charge in [-0.25, -0.2) is 4.79 Å². The van der Waals surface area contributed by atoms with Crippen LogP contribution in [0.1, 0.15) is 42.7 Å². The molecule has 2 aliphatic heterocycles. The Bertz CT molecular complexity index is 1240. The topological polar surface area (TPSA) is 83.1 Å². The van der Waals surface area contributed by atoms with E-state index < -0.39 is 11.9 Å². The molecule has 2 atom stereocenters. The van der Waals surface area contributed by atoms with Gasteiger partial charge in [-0.1, -0.05) is 46.3 Å². The largest absolute Gasteiger partial charge is 0.460 e. The number of carbonyl (C=O) groups is 2. The molecular weight excluding hydrogens is 514 g/mol. The second-order valence-electron chi connectivity index (χ2n) is 8.78. The number of fused-ring (bicyclic) bond motifs is 1. The van der Waals surface area contributed by atoms with Gasteiger partial charge in [-0.05, 0) is 42.5 Å². The predicted octanol–water partition coefficient (Wildman–Crippen LogP) is 4.73. The lowest BCUT2D eigenvalue weighted by atomic mass is 9.71. The normalized spacial score (nSPS) is 21.1. The van der Waals surface area contributed by atoms with E-state index in [0.717, 1.165) is 21.3 Å². The molecule has 7 nitrogen and oxygen atoms in total. The molecule has 0 saturated carbocycles. The van der Waals surface area contributed by atoms with E-state index in [1.807, 2.05) is 37.3 Å². The minimum atomic E-state index is -0.602. The molecule has 0 saturated heterocycles. The van der Waals surface area contributed by atoms with E-state index in [1.165, 1.54) is 0 Å². The highest BCUT2D eigenvalue weighted by Gasteiger charge is 2.42. The fraction of sp³-hybridized carbons (Fsp3) is 0.333. The van der Waals surface area contributed by atoms with Crippen molar-refractivity contribution in [2.45, 2.75) is 31.6 Å². The van der Waals surface area contributed by atoms with Gasteiger partial charge in [0.15, 0.2) is 17.3 Å². The Kier molecular flexibility index (Phi) is 6.67. The summed E-state index contributed by atoms with van der Waals surface area (Å²) in [4.78, 5) is 27.0. The molecule has 0 spiro atoms. The molecule has 1 aliphatic carbocycles. The van der Waals surface area contributed by atoms with Crippen molar-refractivity contribution in [3.05, 3.63) is 80.6 Å². The highest BCUT2D eigenvalue weighted by atomic mass is 79.9. The fourth-order valence-electron chi connectivity index (χ4n) is 5.03. The summed E-state index contributed by atoms with van der Waals surface area (Å²) in [6.07, 6.45) is 1.04.